The largest absolute Gasteiger partial charge is 0.494 e. The monoisotopic (exact) mass is 960 g/mol. The Morgan fingerprint density at radius 1 is 0.886 bits per heavy atom. The Morgan fingerprint density at radius 3 is 2.29 bits per heavy atom. The third-order valence-electron chi connectivity index (χ3n) is 12.8. The number of nitrogens with one attached hydrogen (secondary N) is 1. The van der Waals surface area contributed by atoms with Gasteiger partial charge in [-0.3, -0.25) is 48.6 Å². The maximum atomic E-state index is 14.2. The maximum Gasteiger partial charge on any atom is 0.277 e. The van der Waals surface area contributed by atoms with E-state index in [1.54, 1.807) is 50.2 Å². The molecule has 0 radical (unpaired) electrons. The van der Waals surface area contributed by atoms with Crippen LogP contribution in [0, 0.1) is 13.8 Å². The van der Waals surface area contributed by atoms with E-state index < -0.39 is 23.3 Å². The van der Waals surface area contributed by atoms with Crippen LogP contribution in [0.1, 0.15) is 66.3 Å². The van der Waals surface area contributed by atoms with Gasteiger partial charge in [-0.1, -0.05) is 12.2 Å². The normalized spacial score (nSPS) is 15.8. The molecule has 368 valence electrons. The molecular weight excluding hydrogens is 905 g/mol. The number of likely N-dealkylation sites (tertiary alicyclic amines) is 1. The number of anilines is 2. The molecule has 23 heteroatoms. The first-order valence-electron chi connectivity index (χ1n) is 23.0. The summed E-state index contributed by atoms with van der Waals surface area (Å²) in [6.07, 6.45) is 6.32. The van der Waals surface area contributed by atoms with Gasteiger partial charge in [0.2, 0.25) is 23.7 Å². The van der Waals surface area contributed by atoms with Crippen molar-refractivity contribution in [1.29, 1.82) is 0 Å². The van der Waals surface area contributed by atoms with E-state index in [0.717, 1.165) is 5.56 Å². The number of methoxy groups -OCH3 is 1. The standard InChI is InChI=1S/C47H56N14O9/c1-5-61-34(18-29(3)54-61)43(65)53-45-51-32-19-30(41(48)63)21-36(67-4)39(32)58(45)10-6-7-11-59-40-33(52-46(59)60-13-12-56-23-28(2)17-35(56)44(60)66)20-31(42(49)64)22-37(40)68-15-8-9-55-25-47(26-55)27-57(14-16-69-47)38(62)24-70-50/h6-7,17-23H,5,8-16,24-27,50H2,1-4H3,(H2,48,63)(H2,49,64)(H,51,53,65)/b7-6+. The predicted molar refractivity (Wildman–Crippen MR) is 256 cm³/mol. The van der Waals surface area contributed by atoms with Gasteiger partial charge in [-0.15, -0.1) is 0 Å². The quantitative estimate of drug-likeness (QED) is 0.0545. The van der Waals surface area contributed by atoms with Gasteiger partial charge in [-0.25, -0.2) is 15.9 Å². The lowest BCUT2D eigenvalue weighted by Gasteiger charge is -2.54. The average Bonchev–Trinajstić information content (AvgIpc) is 4.10. The number of hydrogen-bond donors (Lipinski definition) is 4. The number of carbonyl (C=O) groups is 5. The minimum absolute atomic E-state index is 0.163. The number of hydrogen-bond acceptors (Lipinski definition) is 14. The van der Waals surface area contributed by atoms with Crippen molar-refractivity contribution in [3.8, 4) is 11.5 Å². The van der Waals surface area contributed by atoms with Gasteiger partial charge in [0.1, 0.15) is 46.1 Å². The highest BCUT2D eigenvalue weighted by Gasteiger charge is 2.47. The fourth-order valence-electron chi connectivity index (χ4n) is 9.61. The number of fused-ring (bicyclic) bond motifs is 3. The minimum atomic E-state index is -0.672. The van der Waals surface area contributed by atoms with E-state index in [1.165, 1.54) is 13.2 Å². The van der Waals surface area contributed by atoms with Gasteiger partial charge in [0.05, 0.1) is 43.6 Å². The second-order valence-corrected chi connectivity index (χ2v) is 17.7. The molecule has 4 aromatic heterocycles. The van der Waals surface area contributed by atoms with Crippen LogP contribution in [0.15, 0.2) is 54.7 Å². The molecule has 70 heavy (non-hydrogen) atoms. The molecule has 5 amide bonds. The number of nitrogens with zero attached hydrogens (tertiary/aromatic N) is 10. The topological polar surface area (TPSA) is 280 Å². The summed E-state index contributed by atoms with van der Waals surface area (Å²) in [6, 6.07) is 9.79. The molecule has 0 saturated carbocycles. The van der Waals surface area contributed by atoms with Gasteiger partial charge in [-0.05, 0) is 69.2 Å². The van der Waals surface area contributed by atoms with Gasteiger partial charge >= 0.3 is 0 Å². The number of benzene rings is 2. The number of allylic oxidation sites excluding steroid dienone is 2. The Morgan fingerprint density at radius 2 is 1.59 bits per heavy atom. The molecular formula is C47H56N14O9. The molecule has 7 N–H and O–H groups in total. The summed E-state index contributed by atoms with van der Waals surface area (Å²) in [4.78, 5) is 85.4. The van der Waals surface area contributed by atoms with Crippen LogP contribution in [-0.2, 0) is 40.5 Å². The average molecular weight is 961 g/mol. The van der Waals surface area contributed by atoms with E-state index in [1.807, 2.05) is 47.4 Å². The molecule has 7 heterocycles. The van der Waals surface area contributed by atoms with E-state index in [9.17, 15) is 24.0 Å². The van der Waals surface area contributed by atoms with Gasteiger partial charge in [-0.2, -0.15) is 5.10 Å². The van der Waals surface area contributed by atoms with Gasteiger partial charge in [0.15, 0.2) is 0 Å². The summed E-state index contributed by atoms with van der Waals surface area (Å²) >= 11 is 0. The number of aromatic nitrogens is 7. The first-order valence-corrected chi connectivity index (χ1v) is 23.0. The third-order valence-corrected chi connectivity index (χ3v) is 12.8. The SMILES string of the molecule is CCn1nc(C)cc1C(=O)Nc1nc2cc(C(N)=O)cc(OC)c2n1C/C=C/Cn1c(N2CCn3cc(C)cc3C2=O)nc2cc(C(N)=O)cc(OCCCN3CC4(C3)CN(C(=O)CON)CCO4)c21. The highest BCUT2D eigenvalue weighted by Crippen LogP contribution is 2.36. The molecule has 9 rings (SSSR count). The van der Waals surface area contributed by atoms with Crippen molar-refractivity contribution in [3.63, 3.8) is 0 Å². The first-order chi connectivity index (χ1) is 33.7. The Balaban J connectivity index is 1.01. The van der Waals surface area contributed by atoms with Crippen LogP contribution >= 0.6 is 0 Å². The molecule has 2 saturated heterocycles. The molecule has 3 aliphatic rings. The Labute approximate surface area is 401 Å². The fourth-order valence-corrected chi connectivity index (χ4v) is 9.61. The van der Waals surface area contributed by atoms with E-state index in [2.05, 4.69) is 20.2 Å². The van der Waals surface area contributed by atoms with Crippen molar-refractivity contribution in [2.24, 2.45) is 17.4 Å². The number of imidazole rings is 2. The van der Waals surface area contributed by atoms with Crippen LogP contribution < -0.4 is 37.1 Å². The lowest BCUT2D eigenvalue weighted by atomic mass is 9.91. The second kappa shape index (κ2) is 19.4. The van der Waals surface area contributed by atoms with Crippen molar-refractivity contribution < 1.29 is 43.0 Å². The molecule has 0 aliphatic carbocycles. The molecule has 2 aromatic carbocycles. The van der Waals surface area contributed by atoms with Crippen molar-refractivity contribution in [2.45, 2.75) is 59.0 Å². The molecule has 0 atom stereocenters. The number of primary amides is 2. The Hall–Kier alpha value is -7.60. The van der Waals surface area contributed by atoms with Crippen LogP contribution in [0.5, 0.6) is 11.5 Å². The summed E-state index contributed by atoms with van der Waals surface area (Å²) in [6.45, 7) is 10.7. The Bertz CT molecular complexity index is 3070. The zero-order chi connectivity index (χ0) is 49.4. The molecule has 1 spiro atoms. The number of ether oxygens (including phenoxy) is 3. The second-order valence-electron chi connectivity index (χ2n) is 17.7. The minimum Gasteiger partial charge on any atom is -0.494 e. The van der Waals surface area contributed by atoms with Gasteiger partial charge in [0.25, 0.3) is 17.7 Å². The van der Waals surface area contributed by atoms with E-state index >= 15 is 0 Å². The summed E-state index contributed by atoms with van der Waals surface area (Å²) < 4.78 is 25.5. The highest BCUT2D eigenvalue weighted by atomic mass is 16.6. The predicted octanol–water partition coefficient (Wildman–Crippen LogP) is 1.97. The van der Waals surface area contributed by atoms with Crippen LogP contribution in [0.3, 0.4) is 0 Å². The zero-order valence-electron chi connectivity index (χ0n) is 39.5. The third kappa shape index (κ3) is 9.18. The molecule has 0 unspecified atom stereocenters. The van der Waals surface area contributed by atoms with E-state index in [-0.39, 0.29) is 55.2 Å². The number of morpholine rings is 1. The van der Waals surface area contributed by atoms with Crippen LogP contribution in [-0.4, -0.2) is 145 Å². The summed E-state index contributed by atoms with van der Waals surface area (Å²) in [5.74, 6) is 4.15. The maximum absolute atomic E-state index is 14.2. The summed E-state index contributed by atoms with van der Waals surface area (Å²) in [7, 11) is 1.47. The van der Waals surface area contributed by atoms with Crippen molar-refractivity contribution in [2.75, 3.05) is 76.4 Å². The smallest absolute Gasteiger partial charge is 0.277 e. The lowest BCUT2D eigenvalue weighted by Crippen LogP contribution is -2.70. The van der Waals surface area contributed by atoms with Crippen LogP contribution in [0.4, 0.5) is 11.9 Å². The number of amides is 5. The molecule has 0 bridgehead atoms. The Kier molecular flexibility index (Phi) is 13.2. The van der Waals surface area contributed by atoms with E-state index in [0.29, 0.717) is 122 Å². The van der Waals surface area contributed by atoms with E-state index in [4.69, 9.17) is 41.5 Å². The highest BCUT2D eigenvalue weighted by molar-refractivity contribution is 6.07. The van der Waals surface area contributed by atoms with Crippen molar-refractivity contribution in [3.05, 3.63) is 88.5 Å². The molecule has 23 nitrogen and oxygen atoms in total. The zero-order valence-corrected chi connectivity index (χ0v) is 39.5. The fraction of sp³-hybridized carbons (Fsp3) is 0.404. The lowest BCUT2D eigenvalue weighted by molar-refractivity contribution is -0.190. The number of nitrogens with two attached hydrogens (primary N) is 3. The summed E-state index contributed by atoms with van der Waals surface area (Å²) in [5.41, 5.74) is 15.8. The van der Waals surface area contributed by atoms with Crippen LogP contribution in [0.25, 0.3) is 22.1 Å². The first kappa shape index (κ1) is 47.5. The van der Waals surface area contributed by atoms with Gasteiger partial charge in [0, 0.05) is 76.2 Å². The van der Waals surface area contributed by atoms with Crippen molar-refractivity contribution in [1.82, 2.24) is 43.2 Å². The van der Waals surface area contributed by atoms with Gasteiger partial charge < -0.3 is 44.3 Å². The number of aryl methyl sites for hydroxylation is 3. The van der Waals surface area contributed by atoms with Crippen LogP contribution in [0.2, 0.25) is 0 Å². The molecule has 2 fully saturated rings. The summed E-state index contributed by atoms with van der Waals surface area (Å²) in [5, 5.41) is 7.35. The molecule has 6 aromatic rings. The van der Waals surface area contributed by atoms with Crippen molar-refractivity contribution >= 4 is 63.5 Å². The number of rotatable bonds is 18. The number of carbonyl (C=O) groups excluding carboxylic acids is 5. The molecule has 3 aliphatic heterocycles.